The second-order valence-corrected chi connectivity index (χ2v) is 3.42. The number of ether oxygens (including phenoxy) is 2. The second-order valence-electron chi connectivity index (χ2n) is 3.42. The molecule has 0 aromatic carbocycles. The summed E-state index contributed by atoms with van der Waals surface area (Å²) in [4.78, 5) is 0. The summed E-state index contributed by atoms with van der Waals surface area (Å²) in [6.07, 6.45) is 18.1. The van der Waals surface area contributed by atoms with Crippen LogP contribution in [-0.4, -0.2) is 5.79 Å². The Labute approximate surface area is 89.9 Å². The van der Waals surface area contributed by atoms with Crippen LogP contribution in [0.2, 0.25) is 0 Å². The molecule has 0 bridgehead atoms. The van der Waals surface area contributed by atoms with E-state index in [9.17, 15) is 0 Å². The maximum atomic E-state index is 5.68. The van der Waals surface area contributed by atoms with Gasteiger partial charge < -0.3 is 9.47 Å². The molecule has 2 nitrogen and oxygen atoms in total. The Balaban J connectivity index is 1.96. The molecule has 2 aliphatic heterocycles. The van der Waals surface area contributed by atoms with Gasteiger partial charge in [-0.15, -0.1) is 0 Å². The molecular weight excluding hydrogens is 188 g/mol. The fourth-order valence-corrected chi connectivity index (χ4v) is 1.49. The van der Waals surface area contributed by atoms with Gasteiger partial charge in [0.05, 0.1) is 12.7 Å². The van der Waals surface area contributed by atoms with Crippen molar-refractivity contribution in [1.29, 1.82) is 0 Å². The van der Waals surface area contributed by atoms with E-state index in [1.54, 1.807) is 6.26 Å². The molecule has 1 spiro atoms. The lowest BCUT2D eigenvalue weighted by Crippen LogP contribution is -2.24. The van der Waals surface area contributed by atoms with Crippen LogP contribution in [0, 0.1) is 0 Å². The molecule has 0 saturated heterocycles. The van der Waals surface area contributed by atoms with E-state index >= 15 is 0 Å². The molecular formula is C13H14O2. The minimum atomic E-state index is -0.555. The minimum Gasteiger partial charge on any atom is -0.457 e. The summed E-state index contributed by atoms with van der Waals surface area (Å²) in [6, 6.07) is 0. The first kappa shape index (κ1) is 9.84. The van der Waals surface area contributed by atoms with Crippen LogP contribution in [-0.2, 0) is 9.47 Å². The summed E-state index contributed by atoms with van der Waals surface area (Å²) in [7, 11) is 0. The summed E-state index contributed by atoms with van der Waals surface area (Å²) in [6.45, 7) is 1.98. The number of rotatable bonds is 2. The van der Waals surface area contributed by atoms with Crippen molar-refractivity contribution < 1.29 is 9.47 Å². The molecule has 1 atom stereocenters. The lowest BCUT2D eigenvalue weighted by molar-refractivity contribution is -0.115. The third kappa shape index (κ3) is 2.21. The zero-order chi connectivity index (χ0) is 10.6. The van der Waals surface area contributed by atoms with E-state index in [2.05, 4.69) is 0 Å². The summed E-state index contributed by atoms with van der Waals surface area (Å²) in [5.41, 5.74) is 0. The Morgan fingerprint density at radius 3 is 3.00 bits per heavy atom. The van der Waals surface area contributed by atoms with Crippen molar-refractivity contribution in [3.05, 3.63) is 60.6 Å². The topological polar surface area (TPSA) is 18.5 Å². The van der Waals surface area contributed by atoms with Crippen molar-refractivity contribution in [1.82, 2.24) is 0 Å². The summed E-state index contributed by atoms with van der Waals surface area (Å²) in [5, 5.41) is 0. The van der Waals surface area contributed by atoms with Crippen LogP contribution in [0.5, 0.6) is 0 Å². The molecule has 15 heavy (non-hydrogen) atoms. The molecule has 0 saturated carbocycles. The fourth-order valence-electron chi connectivity index (χ4n) is 1.49. The van der Waals surface area contributed by atoms with Crippen LogP contribution in [0.4, 0.5) is 0 Å². The van der Waals surface area contributed by atoms with Gasteiger partial charge in [0.25, 0.3) is 5.79 Å². The molecule has 0 radical (unpaired) electrons. The fraction of sp³-hybridized carbons (Fsp3) is 0.231. The number of hydrogen-bond acceptors (Lipinski definition) is 2. The Kier molecular flexibility index (Phi) is 2.77. The van der Waals surface area contributed by atoms with Gasteiger partial charge >= 0.3 is 0 Å². The van der Waals surface area contributed by atoms with E-state index in [0.29, 0.717) is 0 Å². The van der Waals surface area contributed by atoms with Gasteiger partial charge in [0.15, 0.2) is 0 Å². The van der Waals surface area contributed by atoms with E-state index in [0.717, 1.165) is 12.2 Å². The van der Waals surface area contributed by atoms with Crippen molar-refractivity contribution in [2.24, 2.45) is 0 Å². The first-order valence-electron chi connectivity index (χ1n) is 5.05. The molecule has 0 aliphatic carbocycles. The van der Waals surface area contributed by atoms with Crippen LogP contribution in [0.15, 0.2) is 60.6 Å². The maximum Gasteiger partial charge on any atom is 0.274 e. The zero-order valence-corrected chi connectivity index (χ0v) is 8.72. The standard InChI is InChI=1S/C13H14O2/c1-2-3-4-5-7-12-8-10-13(15-12)9-6-11-14-13/h2-8,10-11H,9H2,1H3/b3-2+,5-4+,12-7-. The molecule has 0 amide bonds. The molecule has 2 heteroatoms. The van der Waals surface area contributed by atoms with Gasteiger partial charge in [-0.05, 0) is 25.2 Å². The van der Waals surface area contributed by atoms with Gasteiger partial charge in [0.2, 0.25) is 0 Å². The quantitative estimate of drug-likeness (QED) is 0.640. The Morgan fingerprint density at radius 1 is 1.33 bits per heavy atom. The average Bonchev–Trinajstić information content (AvgIpc) is 2.85. The second kappa shape index (κ2) is 4.22. The van der Waals surface area contributed by atoms with Crippen molar-refractivity contribution in [2.75, 3.05) is 0 Å². The van der Waals surface area contributed by atoms with Crippen molar-refractivity contribution in [2.45, 2.75) is 19.1 Å². The van der Waals surface area contributed by atoms with Gasteiger partial charge in [0, 0.05) is 6.08 Å². The monoisotopic (exact) mass is 202 g/mol. The molecule has 2 heterocycles. The molecule has 0 aromatic heterocycles. The first-order chi connectivity index (χ1) is 7.35. The van der Waals surface area contributed by atoms with Gasteiger partial charge in [-0.3, -0.25) is 0 Å². The molecule has 0 aromatic rings. The van der Waals surface area contributed by atoms with Crippen molar-refractivity contribution in [3.63, 3.8) is 0 Å². The predicted octanol–water partition coefficient (Wildman–Crippen LogP) is 3.22. The van der Waals surface area contributed by atoms with Crippen LogP contribution < -0.4 is 0 Å². The van der Waals surface area contributed by atoms with E-state index in [1.807, 2.05) is 55.5 Å². The largest absolute Gasteiger partial charge is 0.457 e. The number of hydrogen-bond donors (Lipinski definition) is 0. The minimum absolute atomic E-state index is 0.555. The third-order valence-electron chi connectivity index (χ3n) is 2.23. The highest BCUT2D eigenvalue weighted by molar-refractivity contribution is 5.28. The van der Waals surface area contributed by atoms with Crippen molar-refractivity contribution >= 4 is 0 Å². The van der Waals surface area contributed by atoms with Crippen LogP contribution >= 0.6 is 0 Å². The maximum absolute atomic E-state index is 5.68. The third-order valence-corrected chi connectivity index (χ3v) is 2.23. The molecule has 2 aliphatic rings. The van der Waals surface area contributed by atoms with Crippen LogP contribution in [0.25, 0.3) is 0 Å². The first-order valence-corrected chi connectivity index (χ1v) is 5.05. The Hall–Kier alpha value is -1.70. The number of allylic oxidation sites excluding steroid dienone is 6. The molecule has 0 fully saturated rings. The summed E-state index contributed by atoms with van der Waals surface area (Å²) in [5.74, 6) is 0.278. The SMILES string of the molecule is C/C=C/C=C/C=C1/C=CC2(CC=CO2)O1. The smallest absolute Gasteiger partial charge is 0.274 e. The van der Waals surface area contributed by atoms with E-state index in [1.165, 1.54) is 0 Å². The predicted molar refractivity (Wildman–Crippen MR) is 59.8 cm³/mol. The highest BCUT2D eigenvalue weighted by Gasteiger charge is 2.36. The van der Waals surface area contributed by atoms with Crippen LogP contribution in [0.3, 0.4) is 0 Å². The normalized spacial score (nSPS) is 31.1. The summed E-state index contributed by atoms with van der Waals surface area (Å²) >= 11 is 0. The Bertz CT molecular complexity index is 362. The lowest BCUT2D eigenvalue weighted by atomic mass is 10.2. The van der Waals surface area contributed by atoms with Gasteiger partial charge in [-0.2, -0.15) is 0 Å². The average molecular weight is 202 g/mol. The molecule has 1 unspecified atom stereocenters. The zero-order valence-electron chi connectivity index (χ0n) is 8.72. The highest BCUT2D eigenvalue weighted by Crippen LogP contribution is 2.34. The van der Waals surface area contributed by atoms with Crippen molar-refractivity contribution in [3.8, 4) is 0 Å². The van der Waals surface area contributed by atoms with E-state index in [4.69, 9.17) is 9.47 Å². The summed E-state index contributed by atoms with van der Waals surface area (Å²) < 4.78 is 11.1. The van der Waals surface area contributed by atoms with E-state index < -0.39 is 5.79 Å². The molecule has 2 rings (SSSR count). The molecule has 0 N–H and O–H groups in total. The van der Waals surface area contributed by atoms with Gasteiger partial charge in [-0.1, -0.05) is 24.3 Å². The van der Waals surface area contributed by atoms with Crippen LogP contribution in [0.1, 0.15) is 13.3 Å². The Morgan fingerprint density at radius 2 is 2.27 bits per heavy atom. The van der Waals surface area contributed by atoms with Gasteiger partial charge in [-0.25, -0.2) is 0 Å². The van der Waals surface area contributed by atoms with Gasteiger partial charge in [0.1, 0.15) is 5.76 Å². The lowest BCUT2D eigenvalue weighted by Gasteiger charge is -2.21. The van der Waals surface area contributed by atoms with E-state index in [-0.39, 0.29) is 0 Å². The molecule has 78 valence electrons. The highest BCUT2D eigenvalue weighted by atomic mass is 16.7.